The maximum atomic E-state index is 12.5. The molecule has 0 aromatic heterocycles. The van der Waals surface area contributed by atoms with E-state index in [1.165, 1.54) is 0 Å². The van der Waals surface area contributed by atoms with Crippen LogP contribution in [0.1, 0.15) is 28.8 Å². The van der Waals surface area contributed by atoms with Gasteiger partial charge in [-0.1, -0.05) is 0 Å². The lowest BCUT2D eigenvalue weighted by Crippen LogP contribution is -2.59. The van der Waals surface area contributed by atoms with Gasteiger partial charge in [0.2, 0.25) is 5.91 Å². The van der Waals surface area contributed by atoms with E-state index in [0.717, 1.165) is 24.3 Å². The van der Waals surface area contributed by atoms with E-state index in [0.29, 0.717) is 0 Å². The second kappa shape index (κ2) is 7.73. The van der Waals surface area contributed by atoms with E-state index >= 15 is 0 Å². The summed E-state index contributed by atoms with van der Waals surface area (Å²) in [7, 11) is 0. The minimum absolute atomic E-state index is 0.0511. The van der Waals surface area contributed by atoms with E-state index in [4.69, 9.17) is 4.74 Å². The summed E-state index contributed by atoms with van der Waals surface area (Å²) in [5, 5.41) is 14.0. The average Bonchev–Trinajstić information content (AvgIpc) is 2.59. The van der Waals surface area contributed by atoms with Gasteiger partial charge in [0.15, 0.2) is 0 Å². The van der Waals surface area contributed by atoms with Gasteiger partial charge in [-0.05, 0) is 24.3 Å². The number of benzene rings is 1. The highest BCUT2D eigenvalue weighted by Crippen LogP contribution is 2.29. The number of carbonyl (C=O) groups excluding carboxylic acids is 2. The van der Waals surface area contributed by atoms with Gasteiger partial charge in [0.05, 0.1) is 12.1 Å². The number of carboxylic acids is 1. The Labute approximate surface area is 146 Å². The van der Waals surface area contributed by atoms with E-state index in [1.807, 2.05) is 0 Å². The van der Waals surface area contributed by atoms with Crippen LogP contribution in [0.5, 0.6) is 0 Å². The minimum Gasteiger partial charge on any atom is -0.480 e. The number of alkyl halides is 3. The highest BCUT2D eigenvalue weighted by atomic mass is 19.4. The van der Waals surface area contributed by atoms with Crippen molar-refractivity contribution in [3.8, 4) is 0 Å². The Morgan fingerprint density at radius 1 is 1.12 bits per heavy atom. The zero-order valence-electron chi connectivity index (χ0n) is 13.6. The summed E-state index contributed by atoms with van der Waals surface area (Å²) in [6.45, 7) is -0.134. The van der Waals surface area contributed by atoms with Gasteiger partial charge < -0.3 is 20.5 Å². The monoisotopic (exact) mass is 374 g/mol. The van der Waals surface area contributed by atoms with Gasteiger partial charge in [0.1, 0.15) is 5.54 Å². The second-order valence-corrected chi connectivity index (χ2v) is 5.81. The van der Waals surface area contributed by atoms with Crippen LogP contribution >= 0.6 is 0 Å². The third-order valence-corrected chi connectivity index (χ3v) is 4.02. The molecule has 0 spiro atoms. The standard InChI is InChI=1S/C16H17F3N2O5/c17-16(18,19)11-3-1-10(2-4-11)13(23)20-9-12(22)21-15(14(24)25)5-7-26-8-6-15/h1-4H,5-9H2,(H,20,23)(H,21,22)(H,24,25). The lowest BCUT2D eigenvalue weighted by Gasteiger charge is -2.33. The summed E-state index contributed by atoms with van der Waals surface area (Å²) >= 11 is 0. The summed E-state index contributed by atoms with van der Waals surface area (Å²) in [4.78, 5) is 35.3. The normalized spacial score (nSPS) is 16.6. The number of hydrogen-bond acceptors (Lipinski definition) is 4. The van der Waals surface area contributed by atoms with E-state index < -0.39 is 41.6 Å². The van der Waals surface area contributed by atoms with Crippen molar-refractivity contribution in [2.45, 2.75) is 24.6 Å². The molecule has 7 nitrogen and oxygen atoms in total. The maximum absolute atomic E-state index is 12.5. The van der Waals surface area contributed by atoms with E-state index in [2.05, 4.69) is 10.6 Å². The molecule has 3 N–H and O–H groups in total. The van der Waals surface area contributed by atoms with Crippen molar-refractivity contribution >= 4 is 17.8 Å². The molecule has 0 saturated carbocycles. The molecule has 2 amide bonds. The van der Waals surface area contributed by atoms with Crippen LogP contribution in [0.4, 0.5) is 13.2 Å². The highest BCUT2D eigenvalue weighted by Gasteiger charge is 2.41. The average molecular weight is 374 g/mol. The number of hydrogen-bond donors (Lipinski definition) is 3. The fourth-order valence-electron chi connectivity index (χ4n) is 2.50. The molecule has 1 aromatic carbocycles. The fourth-order valence-corrected chi connectivity index (χ4v) is 2.50. The minimum atomic E-state index is -4.51. The lowest BCUT2D eigenvalue weighted by molar-refractivity contribution is -0.152. The summed E-state index contributed by atoms with van der Waals surface area (Å²) in [5.41, 5.74) is -2.39. The Kier molecular flexibility index (Phi) is 5.86. The molecule has 1 aliphatic rings. The summed E-state index contributed by atoms with van der Waals surface area (Å²) < 4.78 is 42.5. The first-order valence-electron chi connectivity index (χ1n) is 7.72. The van der Waals surface area contributed by atoms with E-state index in [-0.39, 0.29) is 31.6 Å². The third-order valence-electron chi connectivity index (χ3n) is 4.02. The van der Waals surface area contributed by atoms with Crippen LogP contribution in [0.25, 0.3) is 0 Å². The molecule has 1 saturated heterocycles. The molecular formula is C16H17F3N2O5. The van der Waals surface area contributed by atoms with Gasteiger partial charge in [0.25, 0.3) is 5.91 Å². The Morgan fingerprint density at radius 3 is 2.19 bits per heavy atom. The molecule has 1 heterocycles. The van der Waals surface area contributed by atoms with Gasteiger partial charge in [-0.3, -0.25) is 9.59 Å². The Hall–Kier alpha value is -2.62. The van der Waals surface area contributed by atoms with Crippen LogP contribution < -0.4 is 10.6 Å². The molecule has 142 valence electrons. The van der Waals surface area contributed by atoms with Crippen LogP contribution in [0.3, 0.4) is 0 Å². The van der Waals surface area contributed by atoms with E-state index in [9.17, 15) is 32.7 Å². The van der Waals surface area contributed by atoms with Gasteiger partial charge >= 0.3 is 12.1 Å². The quantitative estimate of drug-likeness (QED) is 0.718. The number of amides is 2. The maximum Gasteiger partial charge on any atom is 0.416 e. The summed E-state index contributed by atoms with van der Waals surface area (Å²) in [6.07, 6.45) is -4.31. The SMILES string of the molecule is O=C(CNC(=O)c1ccc(C(F)(F)F)cc1)NC1(C(=O)O)CCOCC1. The molecule has 0 radical (unpaired) electrons. The Balaban J connectivity index is 1.92. The summed E-state index contributed by atoms with van der Waals surface area (Å²) in [6, 6.07) is 3.51. The molecule has 2 rings (SSSR count). The first-order valence-corrected chi connectivity index (χ1v) is 7.72. The largest absolute Gasteiger partial charge is 0.480 e. The molecule has 1 aliphatic heterocycles. The number of halogens is 3. The zero-order valence-corrected chi connectivity index (χ0v) is 13.6. The number of aliphatic carboxylic acids is 1. The summed E-state index contributed by atoms with van der Waals surface area (Å²) in [5.74, 6) is -2.65. The van der Waals surface area contributed by atoms with Gasteiger partial charge in [0, 0.05) is 31.6 Å². The Morgan fingerprint density at radius 2 is 1.69 bits per heavy atom. The van der Waals surface area contributed by atoms with Gasteiger partial charge in [-0.25, -0.2) is 4.79 Å². The molecule has 10 heteroatoms. The van der Waals surface area contributed by atoms with Crippen molar-refractivity contribution in [1.29, 1.82) is 0 Å². The molecule has 1 aromatic rings. The lowest BCUT2D eigenvalue weighted by atomic mass is 9.90. The van der Waals surface area contributed by atoms with Crippen molar-refractivity contribution < 1.29 is 37.4 Å². The van der Waals surface area contributed by atoms with Crippen molar-refractivity contribution in [3.63, 3.8) is 0 Å². The van der Waals surface area contributed by atoms with Gasteiger partial charge in [-0.15, -0.1) is 0 Å². The second-order valence-electron chi connectivity index (χ2n) is 5.81. The fraction of sp³-hybridized carbons (Fsp3) is 0.438. The van der Waals surface area contributed by atoms with Crippen molar-refractivity contribution in [2.24, 2.45) is 0 Å². The van der Waals surface area contributed by atoms with Crippen molar-refractivity contribution in [3.05, 3.63) is 35.4 Å². The first kappa shape index (κ1) is 19.7. The molecule has 26 heavy (non-hydrogen) atoms. The molecule has 1 fully saturated rings. The van der Waals surface area contributed by atoms with Crippen molar-refractivity contribution in [1.82, 2.24) is 10.6 Å². The molecule has 0 unspecified atom stereocenters. The van der Waals surface area contributed by atoms with Crippen LogP contribution in [-0.2, 0) is 20.5 Å². The molecule has 0 aliphatic carbocycles. The Bertz CT molecular complexity index is 682. The van der Waals surface area contributed by atoms with Crippen LogP contribution in [0.2, 0.25) is 0 Å². The predicted molar refractivity (Wildman–Crippen MR) is 82.3 cm³/mol. The number of carboxylic acid groups (broad SMARTS) is 1. The zero-order chi connectivity index (χ0) is 19.4. The molecular weight excluding hydrogens is 357 g/mol. The smallest absolute Gasteiger partial charge is 0.416 e. The van der Waals surface area contributed by atoms with Gasteiger partial charge in [-0.2, -0.15) is 13.2 Å². The number of ether oxygens (including phenoxy) is 1. The first-order chi connectivity index (χ1) is 12.1. The topological polar surface area (TPSA) is 105 Å². The van der Waals surface area contributed by atoms with Crippen LogP contribution in [0.15, 0.2) is 24.3 Å². The predicted octanol–water partition coefficient (Wildman–Crippen LogP) is 1.19. The number of nitrogens with one attached hydrogen (secondary N) is 2. The van der Waals surface area contributed by atoms with Crippen LogP contribution in [0, 0.1) is 0 Å². The van der Waals surface area contributed by atoms with Crippen LogP contribution in [-0.4, -0.2) is 48.2 Å². The number of carbonyl (C=O) groups is 3. The highest BCUT2D eigenvalue weighted by molar-refractivity contribution is 5.97. The molecule has 0 atom stereocenters. The number of rotatable bonds is 5. The van der Waals surface area contributed by atoms with Crippen molar-refractivity contribution in [2.75, 3.05) is 19.8 Å². The third kappa shape index (κ3) is 4.72. The van der Waals surface area contributed by atoms with E-state index in [1.54, 1.807) is 0 Å². The molecule has 0 bridgehead atoms.